The second kappa shape index (κ2) is 7.40. The molecule has 21 heavy (non-hydrogen) atoms. The van der Waals surface area contributed by atoms with Gasteiger partial charge in [-0.15, -0.1) is 12.4 Å². The van der Waals surface area contributed by atoms with Gasteiger partial charge in [0.2, 0.25) is 0 Å². The number of halogens is 5. The largest absolute Gasteiger partial charge is 0.407 e. The molecule has 2 N–H and O–H groups in total. The molecule has 1 nitrogen and oxygen atoms in total. The average molecular weight is 354 g/mol. The third-order valence-corrected chi connectivity index (χ3v) is 4.00. The summed E-state index contributed by atoms with van der Waals surface area (Å²) >= 11 is 7.01. The molecule has 0 saturated carbocycles. The quantitative estimate of drug-likeness (QED) is 0.790. The van der Waals surface area contributed by atoms with Crippen LogP contribution in [0.4, 0.5) is 13.2 Å². The van der Waals surface area contributed by atoms with E-state index < -0.39 is 12.2 Å². The smallest absolute Gasteiger partial charge is 0.316 e. The Hall–Kier alpha value is -0.880. The fourth-order valence-electron chi connectivity index (χ4n) is 1.64. The van der Waals surface area contributed by atoms with Gasteiger partial charge in [0.1, 0.15) is 6.04 Å². The van der Waals surface area contributed by atoms with E-state index in [4.69, 9.17) is 17.3 Å². The fourth-order valence-corrected chi connectivity index (χ4v) is 2.75. The Labute approximate surface area is 136 Å². The van der Waals surface area contributed by atoms with Crippen LogP contribution in [0.3, 0.4) is 0 Å². The molecule has 0 fully saturated rings. The highest BCUT2D eigenvalue weighted by Crippen LogP contribution is 2.38. The first-order valence-corrected chi connectivity index (χ1v) is 6.92. The maximum atomic E-state index is 12.8. The molecule has 0 aromatic heterocycles. The molecule has 114 valence electrons. The van der Waals surface area contributed by atoms with E-state index >= 15 is 0 Å². The summed E-state index contributed by atoms with van der Waals surface area (Å²) in [5.41, 5.74) is 5.36. The van der Waals surface area contributed by atoms with Gasteiger partial charge < -0.3 is 5.73 Å². The zero-order chi connectivity index (χ0) is 14.8. The first-order chi connectivity index (χ1) is 9.38. The molecule has 0 aliphatic carbocycles. The zero-order valence-corrected chi connectivity index (χ0v) is 13.0. The second-order valence-corrected chi connectivity index (χ2v) is 5.66. The zero-order valence-electron chi connectivity index (χ0n) is 10.6. The molecule has 7 heteroatoms. The van der Waals surface area contributed by atoms with Gasteiger partial charge in [0.15, 0.2) is 0 Å². The van der Waals surface area contributed by atoms with Crippen molar-refractivity contribution in [3.63, 3.8) is 0 Å². The molecule has 2 aromatic carbocycles. The van der Waals surface area contributed by atoms with Crippen molar-refractivity contribution in [2.24, 2.45) is 5.73 Å². The van der Waals surface area contributed by atoms with Gasteiger partial charge in [0.25, 0.3) is 0 Å². The van der Waals surface area contributed by atoms with Gasteiger partial charge in [0, 0.05) is 14.8 Å². The third-order valence-electron chi connectivity index (χ3n) is 2.65. The molecule has 2 aromatic rings. The normalized spacial score (nSPS) is 12.6. The topological polar surface area (TPSA) is 26.0 Å². The minimum Gasteiger partial charge on any atom is -0.316 e. The van der Waals surface area contributed by atoms with Crippen molar-refractivity contribution >= 4 is 35.8 Å². The summed E-state index contributed by atoms with van der Waals surface area (Å²) in [5.74, 6) is 0. The van der Waals surface area contributed by atoms with Crippen LogP contribution in [0.2, 0.25) is 5.02 Å². The molecular weight excluding hydrogens is 342 g/mol. The maximum Gasteiger partial charge on any atom is 0.407 e. The second-order valence-electron chi connectivity index (χ2n) is 4.11. The van der Waals surface area contributed by atoms with Crippen molar-refractivity contribution in [3.05, 3.63) is 59.1 Å². The average Bonchev–Trinajstić information content (AvgIpc) is 2.40. The Morgan fingerprint density at radius 3 is 2.14 bits per heavy atom. The molecule has 0 aliphatic heterocycles. The maximum absolute atomic E-state index is 12.8. The molecule has 0 saturated heterocycles. The lowest BCUT2D eigenvalue weighted by atomic mass is 10.1. The van der Waals surface area contributed by atoms with Gasteiger partial charge >= 0.3 is 6.18 Å². The molecule has 0 aliphatic rings. The van der Waals surface area contributed by atoms with Crippen molar-refractivity contribution in [1.29, 1.82) is 0 Å². The van der Waals surface area contributed by atoms with Crippen molar-refractivity contribution in [2.45, 2.75) is 22.0 Å². The van der Waals surface area contributed by atoms with Crippen LogP contribution in [0, 0.1) is 0 Å². The summed E-state index contributed by atoms with van der Waals surface area (Å²) in [4.78, 5) is 1.29. The summed E-state index contributed by atoms with van der Waals surface area (Å²) in [5, 5.41) is 0.578. The van der Waals surface area contributed by atoms with Crippen LogP contribution in [0.5, 0.6) is 0 Å². The van der Waals surface area contributed by atoms with Gasteiger partial charge in [-0.05, 0) is 35.9 Å². The van der Waals surface area contributed by atoms with E-state index in [9.17, 15) is 13.2 Å². The van der Waals surface area contributed by atoms with Crippen LogP contribution >= 0.6 is 35.8 Å². The van der Waals surface area contributed by atoms with Crippen molar-refractivity contribution in [3.8, 4) is 0 Å². The highest BCUT2D eigenvalue weighted by atomic mass is 35.5. The fraction of sp³-hybridized carbons (Fsp3) is 0.143. The van der Waals surface area contributed by atoms with Crippen LogP contribution in [0.1, 0.15) is 11.6 Å². The minimum atomic E-state index is -4.46. The number of alkyl halides is 3. The molecule has 0 radical (unpaired) electrons. The Kier molecular flexibility index (Phi) is 6.41. The highest BCUT2D eigenvalue weighted by molar-refractivity contribution is 7.99. The number of nitrogens with two attached hydrogens (primary N) is 1. The summed E-state index contributed by atoms with van der Waals surface area (Å²) in [6.45, 7) is 0. The molecule has 0 amide bonds. The molecule has 0 bridgehead atoms. The van der Waals surface area contributed by atoms with E-state index in [1.807, 2.05) is 0 Å². The van der Waals surface area contributed by atoms with Gasteiger partial charge in [-0.25, -0.2) is 0 Å². The predicted octanol–water partition coefficient (Wildman–Crippen LogP) is 5.48. The van der Waals surface area contributed by atoms with E-state index in [0.29, 0.717) is 9.92 Å². The van der Waals surface area contributed by atoms with E-state index in [1.165, 1.54) is 17.8 Å². The lowest BCUT2D eigenvalue weighted by Gasteiger charge is -2.18. The SMILES string of the molecule is Cl.N[C@H](c1ccccc1Sc1ccc(Cl)cc1)C(F)(F)F. The first-order valence-electron chi connectivity index (χ1n) is 5.72. The highest BCUT2D eigenvalue weighted by Gasteiger charge is 2.38. The summed E-state index contributed by atoms with van der Waals surface area (Å²) in [6.07, 6.45) is -4.46. The molecular formula is C14H12Cl2F3NS. The van der Waals surface area contributed by atoms with E-state index in [1.54, 1.807) is 42.5 Å². The molecule has 0 unspecified atom stereocenters. The van der Waals surface area contributed by atoms with Gasteiger partial charge in [-0.2, -0.15) is 13.2 Å². The molecule has 1 atom stereocenters. The standard InChI is InChI=1S/C14H11ClF3NS.ClH/c15-9-5-7-10(8-6-9)20-12-4-2-1-3-11(12)13(19)14(16,17)18;/h1-8,13H,19H2;1H/t13-;/m1./s1. The number of hydrogen-bond acceptors (Lipinski definition) is 2. The Morgan fingerprint density at radius 2 is 1.57 bits per heavy atom. The van der Waals surface area contributed by atoms with Crippen molar-refractivity contribution < 1.29 is 13.2 Å². The van der Waals surface area contributed by atoms with Crippen LogP contribution in [0.25, 0.3) is 0 Å². The van der Waals surface area contributed by atoms with Crippen LogP contribution in [-0.2, 0) is 0 Å². The van der Waals surface area contributed by atoms with Gasteiger partial charge in [-0.1, -0.05) is 41.6 Å². The van der Waals surface area contributed by atoms with Crippen molar-refractivity contribution in [1.82, 2.24) is 0 Å². The Bertz CT molecular complexity index is 588. The Morgan fingerprint density at radius 1 is 1.00 bits per heavy atom. The van der Waals surface area contributed by atoms with Gasteiger partial charge in [0.05, 0.1) is 0 Å². The van der Waals surface area contributed by atoms with E-state index in [0.717, 1.165) is 4.90 Å². The number of benzene rings is 2. The van der Waals surface area contributed by atoms with Crippen LogP contribution in [0.15, 0.2) is 58.3 Å². The first kappa shape index (κ1) is 18.2. The van der Waals surface area contributed by atoms with E-state index in [-0.39, 0.29) is 18.0 Å². The van der Waals surface area contributed by atoms with Gasteiger partial charge in [-0.3, -0.25) is 0 Å². The van der Waals surface area contributed by atoms with Crippen LogP contribution < -0.4 is 5.73 Å². The lowest BCUT2D eigenvalue weighted by Crippen LogP contribution is -2.28. The molecule has 2 rings (SSSR count). The third kappa shape index (κ3) is 4.81. The summed E-state index contributed by atoms with van der Waals surface area (Å²) < 4.78 is 38.3. The Balaban J connectivity index is 0.00000220. The van der Waals surface area contributed by atoms with E-state index in [2.05, 4.69) is 0 Å². The minimum absolute atomic E-state index is 0. The monoisotopic (exact) mass is 353 g/mol. The van der Waals surface area contributed by atoms with Crippen LogP contribution in [-0.4, -0.2) is 6.18 Å². The number of rotatable bonds is 3. The van der Waals surface area contributed by atoms with Crippen molar-refractivity contribution in [2.75, 3.05) is 0 Å². The molecule has 0 spiro atoms. The summed E-state index contributed by atoms with van der Waals surface area (Å²) in [6, 6.07) is 11.2. The lowest BCUT2D eigenvalue weighted by molar-refractivity contribution is -0.149. The predicted molar refractivity (Wildman–Crippen MR) is 82.2 cm³/mol. The number of hydrogen-bond donors (Lipinski definition) is 1. The summed E-state index contributed by atoms with van der Waals surface area (Å²) in [7, 11) is 0. The molecule has 0 heterocycles.